The van der Waals surface area contributed by atoms with E-state index in [1.54, 1.807) is 0 Å². The number of unbranched alkanes of at least 4 members (excludes halogenated alkanes) is 10. The Hall–Kier alpha value is -1.89. The highest BCUT2D eigenvalue weighted by Crippen LogP contribution is 2.19. The minimum absolute atomic E-state index is 0.173. The minimum Gasteiger partial charge on any atom is -0.481 e. The van der Waals surface area contributed by atoms with Gasteiger partial charge in [0, 0.05) is 19.3 Å². The number of aliphatic carboxylic acids is 3. The van der Waals surface area contributed by atoms with Gasteiger partial charge in [-0.1, -0.05) is 37.8 Å². The SMILES string of the molecule is C/C=C/CCCCCCCCC[N+](CCCCC(=O)O)(CCCCC(=O)O)CCCCC(=O)O. The largest absolute Gasteiger partial charge is 0.481 e. The molecule has 0 aliphatic heterocycles. The van der Waals surface area contributed by atoms with Crippen LogP contribution < -0.4 is 0 Å². The highest BCUT2D eigenvalue weighted by atomic mass is 16.4. The van der Waals surface area contributed by atoms with E-state index in [1.807, 2.05) is 0 Å². The molecule has 3 N–H and O–H groups in total. The van der Waals surface area contributed by atoms with Gasteiger partial charge >= 0.3 is 17.9 Å². The summed E-state index contributed by atoms with van der Waals surface area (Å²) in [6.07, 6.45) is 19.0. The molecule has 0 aliphatic carbocycles. The summed E-state index contributed by atoms with van der Waals surface area (Å²) in [6, 6.07) is 0. The summed E-state index contributed by atoms with van der Waals surface area (Å²) in [7, 11) is 0. The summed E-state index contributed by atoms with van der Waals surface area (Å²) in [5, 5.41) is 26.9. The molecule has 0 saturated heterocycles. The first-order valence-corrected chi connectivity index (χ1v) is 13.4. The molecule has 0 unspecified atom stereocenters. The van der Waals surface area contributed by atoms with Crippen LogP contribution in [-0.2, 0) is 14.4 Å². The van der Waals surface area contributed by atoms with Gasteiger partial charge in [-0.15, -0.1) is 0 Å². The molecule has 0 aromatic rings. The number of quaternary nitrogens is 1. The van der Waals surface area contributed by atoms with Crippen LogP contribution in [0.5, 0.6) is 0 Å². The molecule has 7 heteroatoms. The van der Waals surface area contributed by atoms with Gasteiger partial charge in [0.1, 0.15) is 0 Å². The van der Waals surface area contributed by atoms with Crippen molar-refractivity contribution >= 4 is 17.9 Å². The minimum atomic E-state index is -0.772. The van der Waals surface area contributed by atoms with Crippen LogP contribution in [0.3, 0.4) is 0 Å². The predicted octanol–water partition coefficient (Wildman–Crippen LogP) is 6.26. The van der Waals surface area contributed by atoms with E-state index in [0.717, 1.165) is 56.3 Å². The van der Waals surface area contributed by atoms with Gasteiger partial charge in [-0.05, 0) is 71.1 Å². The number of allylic oxidation sites excluding steroid dienone is 2. The second kappa shape index (κ2) is 21.6. The molecule has 198 valence electrons. The second-order valence-electron chi connectivity index (χ2n) is 9.62. The van der Waals surface area contributed by atoms with Crippen LogP contribution in [0.1, 0.15) is 116 Å². The molecule has 0 heterocycles. The van der Waals surface area contributed by atoms with E-state index in [1.165, 1.54) is 44.9 Å². The molecule has 7 nitrogen and oxygen atoms in total. The molecule has 0 bridgehead atoms. The van der Waals surface area contributed by atoms with Crippen LogP contribution in [0.2, 0.25) is 0 Å². The Morgan fingerprint density at radius 3 is 1.21 bits per heavy atom. The van der Waals surface area contributed by atoms with E-state index in [2.05, 4.69) is 19.1 Å². The highest BCUT2D eigenvalue weighted by molar-refractivity contribution is 5.67. The second-order valence-corrected chi connectivity index (χ2v) is 9.62. The molecule has 0 saturated carbocycles. The van der Waals surface area contributed by atoms with Crippen LogP contribution in [0.25, 0.3) is 0 Å². The van der Waals surface area contributed by atoms with Gasteiger partial charge in [0.05, 0.1) is 26.2 Å². The van der Waals surface area contributed by atoms with Crippen LogP contribution in [0.15, 0.2) is 12.2 Å². The van der Waals surface area contributed by atoms with Crippen molar-refractivity contribution in [2.45, 2.75) is 116 Å². The molecule has 0 fully saturated rings. The fraction of sp³-hybridized carbons (Fsp3) is 0.815. The predicted molar refractivity (Wildman–Crippen MR) is 136 cm³/mol. The van der Waals surface area contributed by atoms with Crippen LogP contribution >= 0.6 is 0 Å². The standard InChI is InChI=1S/C27H49NO6/c1-2-3-4-5-6-7-8-9-10-14-21-28(22-15-11-18-25(29)30,23-16-12-19-26(31)32)24-17-13-20-27(33)34/h2-3H,4-24H2,1H3,(H2-,29,30,31,32,33,34)/p+1/b3-2+. The zero-order valence-electron chi connectivity index (χ0n) is 21.5. The van der Waals surface area contributed by atoms with E-state index in [4.69, 9.17) is 15.3 Å². The Morgan fingerprint density at radius 1 is 0.529 bits per heavy atom. The maximum Gasteiger partial charge on any atom is 0.303 e. The lowest BCUT2D eigenvalue weighted by molar-refractivity contribution is -0.929. The zero-order valence-corrected chi connectivity index (χ0v) is 21.5. The highest BCUT2D eigenvalue weighted by Gasteiger charge is 2.26. The van der Waals surface area contributed by atoms with Crippen molar-refractivity contribution in [1.29, 1.82) is 0 Å². The lowest BCUT2D eigenvalue weighted by Crippen LogP contribution is -2.51. The maximum absolute atomic E-state index is 10.9. The Balaban J connectivity index is 4.75. The van der Waals surface area contributed by atoms with Crippen LogP contribution in [0.4, 0.5) is 0 Å². The van der Waals surface area contributed by atoms with E-state index >= 15 is 0 Å². The summed E-state index contributed by atoms with van der Waals surface area (Å²) in [5.41, 5.74) is 0. The average molecular weight is 485 g/mol. The number of carboxylic acids is 3. The normalized spacial score (nSPS) is 11.8. The third-order valence-electron chi connectivity index (χ3n) is 6.56. The average Bonchev–Trinajstić information content (AvgIpc) is 2.78. The number of hydrogen-bond acceptors (Lipinski definition) is 3. The molecular formula is C27H50NO6+. The van der Waals surface area contributed by atoms with Crippen molar-refractivity contribution < 1.29 is 34.2 Å². The lowest BCUT2D eigenvalue weighted by Gasteiger charge is -2.39. The molecular weight excluding hydrogens is 434 g/mol. The third kappa shape index (κ3) is 20.7. The van der Waals surface area contributed by atoms with Crippen LogP contribution in [0, 0.1) is 0 Å². The van der Waals surface area contributed by atoms with E-state index in [0.29, 0.717) is 19.3 Å². The zero-order chi connectivity index (χ0) is 25.5. The molecule has 0 aliphatic rings. The number of rotatable bonds is 25. The van der Waals surface area contributed by atoms with Crippen molar-refractivity contribution in [1.82, 2.24) is 0 Å². The fourth-order valence-corrected chi connectivity index (χ4v) is 4.60. The van der Waals surface area contributed by atoms with Crippen molar-refractivity contribution in [2.24, 2.45) is 0 Å². The Labute approximate surface area is 206 Å². The summed E-state index contributed by atoms with van der Waals surface area (Å²) in [5.74, 6) is -2.31. The van der Waals surface area contributed by atoms with Gasteiger partial charge in [0.2, 0.25) is 0 Å². The Morgan fingerprint density at radius 2 is 0.853 bits per heavy atom. The number of carboxylic acid groups (broad SMARTS) is 3. The fourth-order valence-electron chi connectivity index (χ4n) is 4.60. The third-order valence-corrected chi connectivity index (χ3v) is 6.56. The summed E-state index contributed by atoms with van der Waals surface area (Å²) in [6.45, 7) is 5.73. The van der Waals surface area contributed by atoms with Crippen molar-refractivity contribution in [3.05, 3.63) is 12.2 Å². The summed E-state index contributed by atoms with van der Waals surface area (Å²) < 4.78 is 0.863. The molecule has 0 radical (unpaired) electrons. The van der Waals surface area contributed by atoms with Gasteiger partial charge in [0.25, 0.3) is 0 Å². The monoisotopic (exact) mass is 484 g/mol. The number of hydrogen-bond donors (Lipinski definition) is 3. The molecule has 0 rings (SSSR count). The Kier molecular flexibility index (Phi) is 20.4. The van der Waals surface area contributed by atoms with Gasteiger partial charge in [-0.2, -0.15) is 0 Å². The quantitative estimate of drug-likeness (QED) is 0.0800. The topological polar surface area (TPSA) is 112 Å². The van der Waals surface area contributed by atoms with Gasteiger partial charge < -0.3 is 19.8 Å². The van der Waals surface area contributed by atoms with Crippen LogP contribution in [-0.4, -0.2) is 63.9 Å². The molecule has 0 spiro atoms. The molecule has 0 aromatic heterocycles. The van der Waals surface area contributed by atoms with Gasteiger partial charge in [-0.3, -0.25) is 14.4 Å². The molecule has 34 heavy (non-hydrogen) atoms. The van der Waals surface area contributed by atoms with Crippen molar-refractivity contribution in [2.75, 3.05) is 26.2 Å². The summed E-state index contributed by atoms with van der Waals surface area (Å²) in [4.78, 5) is 32.8. The van der Waals surface area contributed by atoms with Gasteiger partial charge in [-0.25, -0.2) is 0 Å². The van der Waals surface area contributed by atoms with E-state index < -0.39 is 17.9 Å². The lowest BCUT2D eigenvalue weighted by atomic mass is 10.1. The van der Waals surface area contributed by atoms with Gasteiger partial charge in [0.15, 0.2) is 0 Å². The smallest absolute Gasteiger partial charge is 0.303 e. The molecule has 0 atom stereocenters. The Bertz CT molecular complexity index is 520. The molecule has 0 amide bonds. The first-order chi connectivity index (χ1) is 16.3. The van der Waals surface area contributed by atoms with Crippen molar-refractivity contribution in [3.8, 4) is 0 Å². The van der Waals surface area contributed by atoms with Crippen molar-refractivity contribution in [3.63, 3.8) is 0 Å². The van der Waals surface area contributed by atoms with E-state index in [9.17, 15) is 14.4 Å². The maximum atomic E-state index is 10.9. The summed E-state index contributed by atoms with van der Waals surface area (Å²) >= 11 is 0. The van der Waals surface area contributed by atoms with E-state index in [-0.39, 0.29) is 19.3 Å². The molecule has 0 aromatic carbocycles. The first kappa shape index (κ1) is 32.1. The number of carbonyl (C=O) groups is 3. The number of nitrogens with zero attached hydrogens (tertiary/aromatic N) is 1. The first-order valence-electron chi connectivity index (χ1n) is 13.4.